The van der Waals surface area contributed by atoms with Gasteiger partial charge < -0.3 is 5.11 Å². The van der Waals surface area contributed by atoms with Gasteiger partial charge in [0.2, 0.25) is 0 Å². The van der Waals surface area contributed by atoms with Gasteiger partial charge in [0.05, 0.1) is 16.1 Å². The number of rotatable bonds is 5. The average molecular weight is 329 g/mol. The van der Waals surface area contributed by atoms with E-state index < -0.39 is 21.5 Å². The molecule has 1 N–H and O–H groups in total. The number of carbonyl (C=O) groups is 1. The number of nitrogens with zero attached hydrogens (tertiary/aromatic N) is 3. The lowest BCUT2D eigenvalue weighted by molar-refractivity contribution is -0.385. The van der Waals surface area contributed by atoms with E-state index in [1.807, 2.05) is 0 Å². The van der Waals surface area contributed by atoms with E-state index in [2.05, 4.69) is 10.5 Å². The van der Waals surface area contributed by atoms with Crippen LogP contribution in [0.15, 0.2) is 47.6 Å². The van der Waals surface area contributed by atoms with Crippen molar-refractivity contribution in [2.75, 3.05) is 0 Å². The summed E-state index contributed by atoms with van der Waals surface area (Å²) in [7, 11) is 0. The molecular formula is C14H9N4O6-. The topological polar surface area (TPSA) is 151 Å². The molecule has 0 aliphatic rings. The summed E-state index contributed by atoms with van der Waals surface area (Å²) < 4.78 is 0. The molecule has 10 heteroatoms. The van der Waals surface area contributed by atoms with E-state index in [1.54, 1.807) is 0 Å². The molecule has 24 heavy (non-hydrogen) atoms. The van der Waals surface area contributed by atoms with Crippen LogP contribution in [-0.2, 0) is 0 Å². The Labute approximate surface area is 134 Å². The molecule has 2 aromatic carbocycles. The summed E-state index contributed by atoms with van der Waals surface area (Å²) in [5.74, 6) is -1.15. The zero-order chi connectivity index (χ0) is 17.7. The highest BCUT2D eigenvalue weighted by molar-refractivity contribution is 5.95. The van der Waals surface area contributed by atoms with E-state index in [9.17, 15) is 30.1 Å². The third-order valence-corrected chi connectivity index (χ3v) is 2.91. The third-order valence-electron chi connectivity index (χ3n) is 2.91. The van der Waals surface area contributed by atoms with Crippen LogP contribution < -0.4 is 10.5 Å². The second kappa shape index (κ2) is 6.96. The Balaban J connectivity index is 2.08. The van der Waals surface area contributed by atoms with Crippen LogP contribution in [0.25, 0.3) is 0 Å². The van der Waals surface area contributed by atoms with Gasteiger partial charge in [-0.1, -0.05) is 11.8 Å². The minimum Gasteiger partial charge on any atom is -0.872 e. The molecule has 0 fully saturated rings. The lowest BCUT2D eigenvalue weighted by Crippen LogP contribution is -2.17. The van der Waals surface area contributed by atoms with Gasteiger partial charge in [-0.05, 0) is 17.7 Å². The van der Waals surface area contributed by atoms with Crippen LogP contribution in [-0.4, -0.2) is 22.0 Å². The lowest BCUT2D eigenvalue weighted by atomic mass is 10.2. The van der Waals surface area contributed by atoms with Gasteiger partial charge in [-0.3, -0.25) is 25.0 Å². The smallest absolute Gasteiger partial charge is 0.271 e. The van der Waals surface area contributed by atoms with Crippen LogP contribution in [0.2, 0.25) is 0 Å². The lowest BCUT2D eigenvalue weighted by Gasteiger charge is -2.08. The fourth-order valence-electron chi connectivity index (χ4n) is 1.71. The minimum absolute atomic E-state index is 0.0619. The molecule has 0 saturated carbocycles. The first kappa shape index (κ1) is 16.5. The highest BCUT2D eigenvalue weighted by atomic mass is 16.6. The summed E-state index contributed by atoms with van der Waals surface area (Å²) in [6.45, 7) is 0. The molecule has 0 aromatic heterocycles. The number of benzene rings is 2. The van der Waals surface area contributed by atoms with Gasteiger partial charge >= 0.3 is 0 Å². The molecule has 0 bridgehead atoms. The van der Waals surface area contributed by atoms with E-state index in [4.69, 9.17) is 0 Å². The standard InChI is InChI=1S/C14H10N4O6/c19-13-6-5-12(18(23)24)7-10(13)8-15-16-14(20)9-1-3-11(4-2-9)17(21)22/h1-8,19H,(H,16,20)/p-1/b15-8-. The van der Waals surface area contributed by atoms with Gasteiger partial charge in [0.25, 0.3) is 17.3 Å². The summed E-state index contributed by atoms with van der Waals surface area (Å²) in [6, 6.07) is 7.94. The molecule has 0 spiro atoms. The number of nitro benzene ring substituents is 2. The summed E-state index contributed by atoms with van der Waals surface area (Å²) >= 11 is 0. The SMILES string of the molecule is O=C(N/N=C\c1cc([N+](=O)[O-])ccc1[O-])c1ccc([N+](=O)[O-])cc1. The van der Waals surface area contributed by atoms with Crippen LogP contribution in [0.1, 0.15) is 15.9 Å². The van der Waals surface area contributed by atoms with Gasteiger partial charge in [-0.15, -0.1) is 0 Å². The predicted octanol–water partition coefficient (Wildman–Crippen LogP) is 1.34. The second-order valence-corrected chi connectivity index (χ2v) is 4.48. The summed E-state index contributed by atoms with van der Waals surface area (Å²) in [5, 5.41) is 36.3. The first-order chi connectivity index (χ1) is 11.4. The Morgan fingerprint density at radius 2 is 1.58 bits per heavy atom. The maximum Gasteiger partial charge on any atom is 0.271 e. The Morgan fingerprint density at radius 1 is 1.00 bits per heavy atom. The van der Waals surface area contributed by atoms with Crippen molar-refractivity contribution in [3.8, 4) is 5.75 Å². The van der Waals surface area contributed by atoms with Gasteiger partial charge in [-0.2, -0.15) is 5.10 Å². The van der Waals surface area contributed by atoms with Crippen LogP contribution in [0.4, 0.5) is 11.4 Å². The molecule has 0 atom stereocenters. The Morgan fingerprint density at radius 3 is 2.17 bits per heavy atom. The van der Waals surface area contributed by atoms with Crippen molar-refractivity contribution >= 4 is 23.5 Å². The highest BCUT2D eigenvalue weighted by Gasteiger charge is 2.09. The van der Waals surface area contributed by atoms with Crippen molar-refractivity contribution in [1.29, 1.82) is 0 Å². The van der Waals surface area contributed by atoms with E-state index in [0.29, 0.717) is 0 Å². The van der Waals surface area contributed by atoms with Crippen LogP contribution in [0.3, 0.4) is 0 Å². The first-order valence-electron chi connectivity index (χ1n) is 6.42. The van der Waals surface area contributed by atoms with E-state index >= 15 is 0 Å². The number of hydrazone groups is 1. The minimum atomic E-state index is -0.660. The number of hydrogen-bond donors (Lipinski definition) is 1. The summed E-state index contributed by atoms with van der Waals surface area (Å²) in [5.41, 5.74) is 1.74. The third kappa shape index (κ3) is 3.88. The molecule has 0 saturated heterocycles. The molecule has 0 radical (unpaired) electrons. The van der Waals surface area contributed by atoms with E-state index in [1.165, 1.54) is 12.1 Å². The molecule has 0 aliphatic heterocycles. The molecule has 122 valence electrons. The molecule has 0 aliphatic carbocycles. The monoisotopic (exact) mass is 329 g/mol. The van der Waals surface area contributed by atoms with Crippen molar-refractivity contribution < 1.29 is 19.7 Å². The quantitative estimate of drug-likeness (QED) is 0.496. The number of carbonyl (C=O) groups excluding carboxylic acids is 1. The number of nitro groups is 2. The van der Waals surface area contributed by atoms with Crippen molar-refractivity contribution in [3.05, 3.63) is 73.8 Å². The van der Waals surface area contributed by atoms with Crippen LogP contribution >= 0.6 is 0 Å². The zero-order valence-electron chi connectivity index (χ0n) is 11.9. The molecule has 10 nitrogen and oxygen atoms in total. The summed E-state index contributed by atoms with van der Waals surface area (Å²) in [4.78, 5) is 31.7. The number of nitrogens with one attached hydrogen (secondary N) is 1. The first-order valence-corrected chi connectivity index (χ1v) is 6.42. The molecule has 0 heterocycles. The number of amides is 1. The predicted molar refractivity (Wildman–Crippen MR) is 80.7 cm³/mol. The Hall–Kier alpha value is -3.82. The second-order valence-electron chi connectivity index (χ2n) is 4.48. The largest absolute Gasteiger partial charge is 0.872 e. The van der Waals surface area contributed by atoms with E-state index in [-0.39, 0.29) is 22.5 Å². The molecule has 2 rings (SSSR count). The van der Waals surface area contributed by atoms with Crippen molar-refractivity contribution in [2.45, 2.75) is 0 Å². The average Bonchev–Trinajstić information content (AvgIpc) is 2.56. The molecule has 0 unspecified atom stereocenters. The van der Waals surface area contributed by atoms with Crippen molar-refractivity contribution in [2.24, 2.45) is 5.10 Å². The molecular weight excluding hydrogens is 320 g/mol. The normalized spacial score (nSPS) is 10.5. The van der Waals surface area contributed by atoms with Crippen molar-refractivity contribution in [3.63, 3.8) is 0 Å². The Bertz CT molecular complexity index is 832. The van der Waals surface area contributed by atoms with Crippen LogP contribution in [0.5, 0.6) is 5.75 Å². The van der Waals surface area contributed by atoms with Gasteiger partial charge in [0.1, 0.15) is 0 Å². The molecule has 2 aromatic rings. The number of non-ortho nitro benzene ring substituents is 2. The maximum atomic E-state index is 11.8. The zero-order valence-corrected chi connectivity index (χ0v) is 11.9. The van der Waals surface area contributed by atoms with Crippen LogP contribution in [0, 0.1) is 20.2 Å². The fourth-order valence-corrected chi connectivity index (χ4v) is 1.71. The maximum absolute atomic E-state index is 11.8. The molecule has 1 amide bonds. The Kier molecular flexibility index (Phi) is 4.80. The van der Waals surface area contributed by atoms with Crippen molar-refractivity contribution in [1.82, 2.24) is 5.43 Å². The number of hydrogen-bond acceptors (Lipinski definition) is 7. The summed E-state index contributed by atoms with van der Waals surface area (Å²) in [6.07, 6.45) is 0.985. The van der Waals surface area contributed by atoms with Gasteiger partial charge in [-0.25, -0.2) is 5.43 Å². The highest BCUT2D eigenvalue weighted by Crippen LogP contribution is 2.19. The van der Waals surface area contributed by atoms with E-state index in [0.717, 1.165) is 36.5 Å². The van der Waals surface area contributed by atoms with Gasteiger partial charge in [0, 0.05) is 29.8 Å². The fraction of sp³-hybridized carbons (Fsp3) is 0. The van der Waals surface area contributed by atoms with Gasteiger partial charge in [0.15, 0.2) is 0 Å².